The lowest BCUT2D eigenvalue weighted by Gasteiger charge is -2.47. The Kier molecular flexibility index (Phi) is 3.27. The monoisotopic (exact) mass is 323 g/mol. The zero-order valence-electron chi connectivity index (χ0n) is 13.7. The van der Waals surface area contributed by atoms with E-state index in [1.807, 2.05) is 19.1 Å². The quantitative estimate of drug-likeness (QED) is 0.726. The number of carbonyl (C=O) groups is 1. The van der Waals surface area contributed by atoms with Crippen molar-refractivity contribution < 1.29 is 15.0 Å². The molecule has 0 unspecified atom stereocenters. The smallest absolute Gasteiger partial charge is 0.160 e. The Morgan fingerprint density at radius 1 is 1.50 bits per heavy atom. The normalized spacial score (nSPS) is 43.0. The summed E-state index contributed by atoms with van der Waals surface area (Å²) in [6.07, 6.45) is 7.10. The highest BCUT2D eigenvalue weighted by Crippen LogP contribution is 2.61. The molecule has 2 N–H and O–H groups in total. The Labute approximate surface area is 141 Å². The van der Waals surface area contributed by atoms with Crippen LogP contribution in [0, 0.1) is 28.6 Å². The summed E-state index contributed by atoms with van der Waals surface area (Å²) >= 11 is 0. The first-order chi connectivity index (χ1) is 11.4. The number of nitriles is 1. The van der Waals surface area contributed by atoms with E-state index in [9.17, 15) is 15.0 Å². The molecule has 4 heteroatoms. The molecule has 24 heavy (non-hydrogen) atoms. The van der Waals surface area contributed by atoms with Crippen molar-refractivity contribution in [1.82, 2.24) is 0 Å². The molecule has 0 aromatic rings. The van der Waals surface area contributed by atoms with E-state index in [4.69, 9.17) is 5.26 Å². The average Bonchev–Trinajstić information content (AvgIpc) is 2.75. The summed E-state index contributed by atoms with van der Waals surface area (Å²) in [6, 6.07) is 2.06. The Morgan fingerprint density at radius 2 is 2.29 bits per heavy atom. The van der Waals surface area contributed by atoms with Crippen molar-refractivity contribution in [2.24, 2.45) is 17.3 Å². The van der Waals surface area contributed by atoms with Crippen LogP contribution in [0.5, 0.6) is 0 Å². The standard InChI is InChI=1S/C20H21NO3/c1-19-7-6-15-14-5-3-13(22)10-12(14)2-4-16(15)17(19)11-18(23)20(19,24)8-9-21/h3-5,14,17-18,23-24H,6-8,10-11H2,1H3/t14-,17-,18+,19-,20-/m0/s1. The molecule has 0 amide bonds. The molecular formula is C20H21NO3. The molecule has 0 bridgehead atoms. The fourth-order valence-electron chi connectivity index (χ4n) is 5.27. The Hall–Kier alpha value is -1.92. The van der Waals surface area contributed by atoms with Crippen molar-refractivity contribution in [2.45, 2.75) is 50.7 Å². The summed E-state index contributed by atoms with van der Waals surface area (Å²) in [5.74, 6) is 0.273. The first-order valence-electron chi connectivity index (χ1n) is 8.57. The minimum atomic E-state index is -1.36. The third-order valence-corrected chi connectivity index (χ3v) is 6.78. The largest absolute Gasteiger partial charge is 0.390 e. The van der Waals surface area contributed by atoms with Crippen LogP contribution in [-0.2, 0) is 4.79 Å². The summed E-state index contributed by atoms with van der Waals surface area (Å²) in [5, 5.41) is 30.7. The maximum Gasteiger partial charge on any atom is 0.160 e. The van der Waals surface area contributed by atoms with Crippen LogP contribution in [0.2, 0.25) is 0 Å². The number of aliphatic hydroxyl groups is 2. The highest BCUT2D eigenvalue weighted by molar-refractivity contribution is 5.93. The second kappa shape index (κ2) is 5.04. The average molecular weight is 323 g/mol. The summed E-state index contributed by atoms with van der Waals surface area (Å²) in [4.78, 5) is 11.6. The van der Waals surface area contributed by atoms with Crippen LogP contribution in [0.4, 0.5) is 0 Å². The van der Waals surface area contributed by atoms with E-state index in [0.29, 0.717) is 12.8 Å². The van der Waals surface area contributed by atoms with Crippen molar-refractivity contribution in [3.05, 3.63) is 40.7 Å². The van der Waals surface area contributed by atoms with Crippen LogP contribution in [0.1, 0.15) is 39.0 Å². The number of rotatable bonds is 1. The van der Waals surface area contributed by atoms with Crippen LogP contribution in [-0.4, -0.2) is 27.7 Å². The minimum Gasteiger partial charge on any atom is -0.390 e. The van der Waals surface area contributed by atoms with Crippen LogP contribution < -0.4 is 0 Å². The van der Waals surface area contributed by atoms with Crippen molar-refractivity contribution in [3.8, 4) is 6.07 Å². The van der Waals surface area contributed by atoms with Gasteiger partial charge in [0, 0.05) is 17.8 Å². The first kappa shape index (κ1) is 15.6. The molecule has 0 aromatic heterocycles. The number of hydrogen-bond acceptors (Lipinski definition) is 4. The molecule has 124 valence electrons. The summed E-state index contributed by atoms with van der Waals surface area (Å²) in [7, 11) is 0. The molecule has 0 saturated heterocycles. The van der Waals surface area contributed by atoms with E-state index in [-0.39, 0.29) is 24.0 Å². The number of nitrogens with zero attached hydrogens (tertiary/aromatic N) is 1. The highest BCUT2D eigenvalue weighted by atomic mass is 16.3. The second-order valence-electron chi connectivity index (χ2n) is 7.76. The minimum absolute atomic E-state index is 0.0229. The summed E-state index contributed by atoms with van der Waals surface area (Å²) in [5.41, 5.74) is 4.88. The van der Waals surface area contributed by atoms with Gasteiger partial charge in [-0.05, 0) is 48.5 Å². The van der Waals surface area contributed by atoms with E-state index in [1.54, 1.807) is 6.08 Å². The van der Waals surface area contributed by atoms with Gasteiger partial charge in [0.1, 0.15) is 5.60 Å². The van der Waals surface area contributed by atoms with Crippen LogP contribution in [0.25, 0.3) is 0 Å². The van der Waals surface area contributed by atoms with Crippen LogP contribution in [0.3, 0.4) is 0 Å². The van der Waals surface area contributed by atoms with Gasteiger partial charge in [-0.25, -0.2) is 0 Å². The molecule has 0 spiro atoms. The highest BCUT2D eigenvalue weighted by Gasteiger charge is 2.63. The lowest BCUT2D eigenvalue weighted by atomic mass is 9.58. The molecule has 1 fully saturated rings. The van der Waals surface area contributed by atoms with Crippen molar-refractivity contribution in [1.29, 1.82) is 5.26 Å². The first-order valence-corrected chi connectivity index (χ1v) is 8.57. The molecule has 4 rings (SSSR count). The Balaban J connectivity index is 1.79. The van der Waals surface area contributed by atoms with Gasteiger partial charge in [0.2, 0.25) is 0 Å². The van der Waals surface area contributed by atoms with E-state index in [1.165, 1.54) is 5.57 Å². The fourth-order valence-corrected chi connectivity index (χ4v) is 5.27. The van der Waals surface area contributed by atoms with Crippen molar-refractivity contribution in [3.63, 3.8) is 0 Å². The molecule has 0 radical (unpaired) electrons. The van der Waals surface area contributed by atoms with Gasteiger partial charge >= 0.3 is 0 Å². The molecule has 1 saturated carbocycles. The van der Waals surface area contributed by atoms with Crippen molar-refractivity contribution in [2.75, 3.05) is 0 Å². The van der Waals surface area contributed by atoms with Gasteiger partial charge < -0.3 is 10.2 Å². The van der Waals surface area contributed by atoms with E-state index >= 15 is 0 Å². The molecular weight excluding hydrogens is 302 g/mol. The Morgan fingerprint density at radius 3 is 3.04 bits per heavy atom. The zero-order chi connectivity index (χ0) is 17.1. The van der Waals surface area contributed by atoms with Crippen LogP contribution in [0.15, 0.2) is 40.7 Å². The number of fused-ring (bicyclic) bond motifs is 4. The van der Waals surface area contributed by atoms with Gasteiger partial charge in [0.25, 0.3) is 0 Å². The van der Waals surface area contributed by atoms with Gasteiger partial charge in [-0.15, -0.1) is 5.73 Å². The van der Waals surface area contributed by atoms with Gasteiger partial charge in [-0.3, -0.25) is 4.79 Å². The third-order valence-electron chi connectivity index (χ3n) is 6.78. The molecule has 4 aliphatic carbocycles. The molecule has 4 nitrogen and oxygen atoms in total. The van der Waals surface area contributed by atoms with Crippen molar-refractivity contribution >= 4 is 5.78 Å². The maximum absolute atomic E-state index is 11.6. The number of ketones is 1. The van der Waals surface area contributed by atoms with Gasteiger partial charge in [-0.1, -0.05) is 18.6 Å². The summed E-state index contributed by atoms with van der Waals surface area (Å²) < 4.78 is 0. The molecule has 0 heterocycles. The number of aliphatic hydroxyl groups excluding tert-OH is 1. The molecule has 4 aliphatic rings. The summed E-state index contributed by atoms with van der Waals surface area (Å²) in [6.45, 7) is 2.00. The lowest BCUT2D eigenvalue weighted by molar-refractivity contribution is -0.122. The van der Waals surface area contributed by atoms with Crippen LogP contribution >= 0.6 is 0 Å². The Bertz CT molecular complexity index is 792. The van der Waals surface area contributed by atoms with Gasteiger partial charge in [0.15, 0.2) is 5.78 Å². The SMILES string of the molecule is C[C@]12CCC3=C(C=C=C4CC(=O)C=C[C@@H]43)[C@@H]1C[C@@H](O)[C@@]2(O)CC#N. The van der Waals surface area contributed by atoms with Gasteiger partial charge in [0.05, 0.1) is 18.6 Å². The number of allylic oxidation sites excluding steroid dienone is 5. The van der Waals surface area contributed by atoms with E-state index < -0.39 is 17.1 Å². The molecule has 5 atom stereocenters. The second-order valence-corrected chi connectivity index (χ2v) is 7.76. The van der Waals surface area contributed by atoms with E-state index in [0.717, 1.165) is 24.0 Å². The molecule has 0 aromatic carbocycles. The van der Waals surface area contributed by atoms with E-state index in [2.05, 4.69) is 11.8 Å². The topological polar surface area (TPSA) is 81.3 Å². The number of hydrogen-bond donors (Lipinski definition) is 2. The number of carbonyl (C=O) groups excluding carboxylic acids is 1. The fraction of sp³-hybridized carbons (Fsp3) is 0.550. The maximum atomic E-state index is 11.6. The lowest BCUT2D eigenvalue weighted by Crippen LogP contribution is -2.52. The van der Waals surface area contributed by atoms with Gasteiger partial charge in [-0.2, -0.15) is 5.26 Å². The predicted octanol–water partition coefficient (Wildman–Crippen LogP) is 2.35. The zero-order valence-corrected chi connectivity index (χ0v) is 13.7. The third kappa shape index (κ3) is 1.84. The predicted molar refractivity (Wildman–Crippen MR) is 87.5 cm³/mol. The molecule has 0 aliphatic heterocycles.